The predicted octanol–water partition coefficient (Wildman–Crippen LogP) is 0.635. The molecule has 3 fully saturated rings. The Hall–Kier alpha value is -1.53. The fraction of sp³-hybridized carbons (Fsp3) is 0.688. The van der Waals surface area contributed by atoms with Crippen LogP contribution in [0.15, 0.2) is 12.4 Å². The topological polar surface area (TPSA) is 69.6 Å². The van der Waals surface area contributed by atoms with Crippen molar-refractivity contribution in [2.75, 3.05) is 26.2 Å². The number of carbonyl (C=O) groups is 1. The number of hydrogen-bond donors (Lipinski definition) is 1. The van der Waals surface area contributed by atoms with E-state index in [0.717, 1.165) is 31.8 Å². The SMILES string of the molecule is O=C(c1cnc(C2CC2)nc1)N1C[C@@H](O)[C@H](N2CCCC2)C1. The molecule has 3 heterocycles. The second-order valence-corrected chi connectivity index (χ2v) is 6.69. The third-order valence-electron chi connectivity index (χ3n) is 5.02. The second kappa shape index (κ2) is 5.59. The van der Waals surface area contributed by atoms with E-state index in [1.54, 1.807) is 17.3 Å². The van der Waals surface area contributed by atoms with Crippen molar-refractivity contribution in [1.29, 1.82) is 0 Å². The summed E-state index contributed by atoms with van der Waals surface area (Å²) in [7, 11) is 0. The molecule has 0 unspecified atom stereocenters. The van der Waals surface area contributed by atoms with Crippen LogP contribution in [-0.4, -0.2) is 69.1 Å². The van der Waals surface area contributed by atoms with Gasteiger partial charge in [-0.15, -0.1) is 0 Å². The van der Waals surface area contributed by atoms with E-state index < -0.39 is 6.10 Å². The van der Waals surface area contributed by atoms with Crippen LogP contribution in [0.25, 0.3) is 0 Å². The van der Waals surface area contributed by atoms with Gasteiger partial charge in [0.15, 0.2) is 0 Å². The number of hydrogen-bond acceptors (Lipinski definition) is 5. The number of aliphatic hydroxyl groups excluding tert-OH is 1. The van der Waals surface area contributed by atoms with Gasteiger partial charge in [0.05, 0.1) is 17.7 Å². The Kier molecular flexibility index (Phi) is 3.58. The van der Waals surface area contributed by atoms with Crippen molar-refractivity contribution in [3.05, 3.63) is 23.8 Å². The molecule has 118 valence electrons. The molecule has 0 radical (unpaired) electrons. The lowest BCUT2D eigenvalue weighted by atomic mass is 10.2. The number of rotatable bonds is 3. The minimum Gasteiger partial charge on any atom is -0.390 e. The Bertz CT molecular complexity index is 552. The third kappa shape index (κ3) is 2.61. The Morgan fingerprint density at radius 3 is 2.45 bits per heavy atom. The van der Waals surface area contributed by atoms with Crippen LogP contribution in [0.2, 0.25) is 0 Å². The lowest BCUT2D eigenvalue weighted by Crippen LogP contribution is -2.41. The molecule has 22 heavy (non-hydrogen) atoms. The summed E-state index contributed by atoms with van der Waals surface area (Å²) in [5.74, 6) is 1.29. The van der Waals surface area contributed by atoms with Crippen molar-refractivity contribution in [1.82, 2.24) is 19.8 Å². The van der Waals surface area contributed by atoms with E-state index in [1.807, 2.05) is 0 Å². The molecule has 0 aromatic carbocycles. The van der Waals surface area contributed by atoms with Gasteiger partial charge in [0.1, 0.15) is 5.82 Å². The molecule has 1 aromatic heterocycles. The van der Waals surface area contributed by atoms with Crippen LogP contribution in [0.4, 0.5) is 0 Å². The molecule has 3 aliphatic rings. The standard InChI is InChI=1S/C16H22N4O2/c21-14-10-20(9-13(14)19-5-1-2-6-19)16(22)12-7-17-15(18-8-12)11-3-4-11/h7-8,11,13-14,21H,1-6,9-10H2/t13-,14-/m1/s1. The maximum absolute atomic E-state index is 12.6. The summed E-state index contributed by atoms with van der Waals surface area (Å²) < 4.78 is 0. The zero-order valence-electron chi connectivity index (χ0n) is 12.7. The number of nitrogens with zero attached hydrogens (tertiary/aromatic N) is 4. The molecule has 1 aliphatic carbocycles. The molecule has 2 atom stereocenters. The molecule has 1 saturated carbocycles. The van der Waals surface area contributed by atoms with Crippen LogP contribution in [0, 0.1) is 0 Å². The van der Waals surface area contributed by atoms with Gasteiger partial charge < -0.3 is 10.0 Å². The van der Waals surface area contributed by atoms with E-state index in [1.165, 1.54) is 12.8 Å². The van der Waals surface area contributed by atoms with Crippen LogP contribution < -0.4 is 0 Å². The number of β-amino-alcohol motifs (C(OH)–C–C–N with tert-alkyl or cyclic N) is 1. The first-order chi connectivity index (χ1) is 10.7. The molecule has 1 aromatic rings. The highest BCUT2D eigenvalue weighted by Crippen LogP contribution is 2.37. The highest BCUT2D eigenvalue weighted by molar-refractivity contribution is 5.93. The van der Waals surface area contributed by atoms with Gasteiger partial charge in [-0.05, 0) is 38.8 Å². The van der Waals surface area contributed by atoms with Crippen molar-refractivity contribution in [2.24, 2.45) is 0 Å². The zero-order chi connectivity index (χ0) is 15.1. The van der Waals surface area contributed by atoms with Crippen LogP contribution in [0.3, 0.4) is 0 Å². The largest absolute Gasteiger partial charge is 0.390 e. The van der Waals surface area contributed by atoms with Crippen LogP contribution in [-0.2, 0) is 0 Å². The predicted molar refractivity (Wildman–Crippen MR) is 80.5 cm³/mol. The van der Waals surface area contributed by atoms with Gasteiger partial charge in [-0.1, -0.05) is 0 Å². The summed E-state index contributed by atoms with van der Waals surface area (Å²) in [6.45, 7) is 3.07. The van der Waals surface area contributed by atoms with Crippen molar-refractivity contribution in [3.63, 3.8) is 0 Å². The first-order valence-corrected chi connectivity index (χ1v) is 8.26. The van der Waals surface area contributed by atoms with E-state index in [9.17, 15) is 9.90 Å². The van der Waals surface area contributed by atoms with E-state index in [0.29, 0.717) is 24.6 Å². The first kappa shape index (κ1) is 14.1. The summed E-state index contributed by atoms with van der Waals surface area (Å²) in [6, 6.07) is 0.0816. The first-order valence-electron chi connectivity index (χ1n) is 8.26. The Morgan fingerprint density at radius 2 is 1.82 bits per heavy atom. The summed E-state index contributed by atoms with van der Waals surface area (Å²) >= 11 is 0. The van der Waals surface area contributed by atoms with Gasteiger partial charge in [0.2, 0.25) is 0 Å². The Morgan fingerprint density at radius 1 is 1.14 bits per heavy atom. The van der Waals surface area contributed by atoms with Crippen molar-refractivity contribution in [2.45, 2.75) is 43.7 Å². The van der Waals surface area contributed by atoms with Crippen molar-refractivity contribution < 1.29 is 9.90 Å². The molecular formula is C16H22N4O2. The average molecular weight is 302 g/mol. The lowest BCUT2D eigenvalue weighted by molar-refractivity contribution is 0.0762. The summed E-state index contributed by atoms with van der Waals surface area (Å²) in [5.41, 5.74) is 0.527. The van der Waals surface area contributed by atoms with E-state index in [-0.39, 0.29) is 11.9 Å². The van der Waals surface area contributed by atoms with Gasteiger partial charge in [-0.3, -0.25) is 9.69 Å². The maximum Gasteiger partial charge on any atom is 0.257 e. The van der Waals surface area contributed by atoms with E-state index in [2.05, 4.69) is 14.9 Å². The normalized spacial score (nSPS) is 29.2. The van der Waals surface area contributed by atoms with Crippen molar-refractivity contribution >= 4 is 5.91 Å². The molecule has 1 N–H and O–H groups in total. The highest BCUT2D eigenvalue weighted by atomic mass is 16.3. The average Bonchev–Trinajstić information content (AvgIpc) is 3.11. The monoisotopic (exact) mass is 302 g/mol. The number of carbonyl (C=O) groups excluding carboxylic acids is 1. The molecule has 2 aliphatic heterocycles. The van der Waals surface area contributed by atoms with Crippen LogP contribution >= 0.6 is 0 Å². The fourth-order valence-corrected chi connectivity index (χ4v) is 3.55. The molecule has 2 saturated heterocycles. The van der Waals surface area contributed by atoms with Crippen LogP contribution in [0.1, 0.15) is 47.8 Å². The summed E-state index contributed by atoms with van der Waals surface area (Å²) in [5, 5.41) is 10.3. The number of aliphatic hydroxyl groups is 1. The summed E-state index contributed by atoms with van der Waals surface area (Å²) in [4.78, 5) is 25.2. The van der Waals surface area contributed by atoms with Gasteiger partial charge in [0, 0.05) is 31.4 Å². The molecule has 0 spiro atoms. The van der Waals surface area contributed by atoms with Gasteiger partial charge in [0.25, 0.3) is 5.91 Å². The molecule has 1 amide bonds. The second-order valence-electron chi connectivity index (χ2n) is 6.69. The van der Waals surface area contributed by atoms with E-state index >= 15 is 0 Å². The fourth-order valence-electron chi connectivity index (χ4n) is 3.55. The maximum atomic E-state index is 12.6. The quantitative estimate of drug-likeness (QED) is 0.887. The number of likely N-dealkylation sites (tertiary alicyclic amines) is 2. The van der Waals surface area contributed by atoms with Gasteiger partial charge >= 0.3 is 0 Å². The lowest BCUT2D eigenvalue weighted by Gasteiger charge is -2.25. The third-order valence-corrected chi connectivity index (χ3v) is 5.02. The highest BCUT2D eigenvalue weighted by Gasteiger charge is 2.38. The molecular weight excluding hydrogens is 280 g/mol. The zero-order valence-corrected chi connectivity index (χ0v) is 12.7. The Balaban J connectivity index is 1.43. The van der Waals surface area contributed by atoms with Gasteiger partial charge in [-0.25, -0.2) is 9.97 Å². The molecule has 0 bridgehead atoms. The molecule has 6 nitrogen and oxygen atoms in total. The smallest absolute Gasteiger partial charge is 0.257 e. The minimum absolute atomic E-state index is 0.0666. The Labute approximate surface area is 130 Å². The minimum atomic E-state index is -0.450. The van der Waals surface area contributed by atoms with Gasteiger partial charge in [-0.2, -0.15) is 0 Å². The number of amides is 1. The number of aromatic nitrogens is 2. The summed E-state index contributed by atoms with van der Waals surface area (Å²) in [6.07, 6.45) is 7.51. The molecule has 6 heteroatoms. The van der Waals surface area contributed by atoms with E-state index in [4.69, 9.17) is 0 Å². The molecule has 4 rings (SSSR count). The van der Waals surface area contributed by atoms with Crippen molar-refractivity contribution in [3.8, 4) is 0 Å². The van der Waals surface area contributed by atoms with Crippen LogP contribution in [0.5, 0.6) is 0 Å².